The summed E-state index contributed by atoms with van der Waals surface area (Å²) in [5.41, 5.74) is 1.03. The minimum Gasteiger partial charge on any atom is -0.497 e. The third-order valence-electron chi connectivity index (χ3n) is 4.29. The number of carbonyl (C=O) groups excluding carboxylic acids is 1. The first kappa shape index (κ1) is 20.3. The largest absolute Gasteiger partial charge is 0.497 e. The van der Waals surface area contributed by atoms with Crippen molar-refractivity contribution >= 4 is 27.3 Å². The van der Waals surface area contributed by atoms with Crippen molar-refractivity contribution in [3.63, 3.8) is 0 Å². The molecule has 150 valence electrons. The van der Waals surface area contributed by atoms with E-state index < -0.39 is 21.7 Å². The topological polar surface area (TPSA) is 75.7 Å². The van der Waals surface area contributed by atoms with Crippen LogP contribution in [0.2, 0.25) is 0 Å². The second-order valence-corrected chi connectivity index (χ2v) is 8.13. The average molecular weight is 414 g/mol. The third-order valence-corrected chi connectivity index (χ3v) is 6.09. The molecule has 3 rings (SSSR count). The molecule has 0 unspecified atom stereocenters. The summed E-state index contributed by atoms with van der Waals surface area (Å²) in [7, 11) is -0.907. The summed E-state index contributed by atoms with van der Waals surface area (Å²) in [6.45, 7) is 0. The summed E-state index contributed by atoms with van der Waals surface area (Å²) in [5.74, 6) is -0.296. The normalized spacial score (nSPS) is 11.0. The van der Waals surface area contributed by atoms with E-state index in [1.54, 1.807) is 30.3 Å². The highest BCUT2D eigenvalue weighted by Crippen LogP contribution is 2.25. The van der Waals surface area contributed by atoms with Crippen LogP contribution < -0.4 is 14.4 Å². The van der Waals surface area contributed by atoms with Crippen LogP contribution in [0.15, 0.2) is 77.7 Å². The molecule has 1 N–H and O–H groups in total. The minimum atomic E-state index is -3.82. The van der Waals surface area contributed by atoms with Gasteiger partial charge in [0.05, 0.1) is 17.7 Å². The van der Waals surface area contributed by atoms with Gasteiger partial charge < -0.3 is 10.1 Å². The Labute approximate surface area is 168 Å². The summed E-state index contributed by atoms with van der Waals surface area (Å²) in [5, 5.41) is 2.65. The molecule has 0 spiro atoms. The molecule has 3 aromatic carbocycles. The van der Waals surface area contributed by atoms with Crippen molar-refractivity contribution in [1.29, 1.82) is 0 Å². The SMILES string of the molecule is COc1ccc(S(=O)(=O)N(C)c2cccc(C(=O)Nc3ccc(F)cc3)c2)cc1. The molecule has 0 aliphatic rings. The molecule has 0 radical (unpaired) electrons. The predicted molar refractivity (Wildman–Crippen MR) is 109 cm³/mol. The lowest BCUT2D eigenvalue weighted by atomic mass is 10.2. The van der Waals surface area contributed by atoms with E-state index in [4.69, 9.17) is 4.74 Å². The number of nitrogens with zero attached hydrogens (tertiary/aromatic N) is 1. The fraction of sp³-hybridized carbons (Fsp3) is 0.0952. The van der Waals surface area contributed by atoms with Crippen LogP contribution in [0.5, 0.6) is 5.75 Å². The zero-order chi connectivity index (χ0) is 21.0. The number of carbonyl (C=O) groups is 1. The molecule has 0 saturated carbocycles. The van der Waals surface area contributed by atoms with Gasteiger partial charge in [-0.05, 0) is 66.7 Å². The van der Waals surface area contributed by atoms with Crippen LogP contribution >= 0.6 is 0 Å². The number of rotatable bonds is 6. The number of hydrogen-bond acceptors (Lipinski definition) is 4. The fourth-order valence-corrected chi connectivity index (χ4v) is 3.81. The Bertz CT molecular complexity index is 1110. The third kappa shape index (κ3) is 4.55. The van der Waals surface area contributed by atoms with Crippen molar-refractivity contribution in [3.8, 4) is 5.75 Å². The molecule has 3 aromatic rings. The van der Waals surface area contributed by atoms with E-state index in [1.807, 2.05) is 0 Å². The van der Waals surface area contributed by atoms with Crippen molar-refractivity contribution in [2.24, 2.45) is 0 Å². The molecule has 0 aliphatic heterocycles. The van der Waals surface area contributed by atoms with Gasteiger partial charge in [0, 0.05) is 18.3 Å². The molecule has 0 atom stereocenters. The van der Waals surface area contributed by atoms with Gasteiger partial charge in [-0.15, -0.1) is 0 Å². The number of sulfonamides is 1. The van der Waals surface area contributed by atoms with Crippen LogP contribution in [0.3, 0.4) is 0 Å². The summed E-state index contributed by atoms with van der Waals surface area (Å²) in [4.78, 5) is 12.6. The second kappa shape index (κ2) is 8.32. The zero-order valence-electron chi connectivity index (χ0n) is 15.8. The molecular weight excluding hydrogens is 395 g/mol. The summed E-state index contributed by atoms with van der Waals surface area (Å²) < 4.78 is 44.9. The van der Waals surface area contributed by atoms with Gasteiger partial charge in [-0.2, -0.15) is 0 Å². The summed E-state index contributed by atoms with van der Waals surface area (Å²) in [6.07, 6.45) is 0. The Morgan fingerprint density at radius 1 is 1.00 bits per heavy atom. The monoisotopic (exact) mass is 414 g/mol. The smallest absolute Gasteiger partial charge is 0.264 e. The first-order valence-corrected chi connectivity index (χ1v) is 10.1. The molecule has 6 nitrogen and oxygen atoms in total. The van der Waals surface area contributed by atoms with E-state index in [1.165, 1.54) is 56.6 Å². The highest BCUT2D eigenvalue weighted by molar-refractivity contribution is 7.92. The van der Waals surface area contributed by atoms with Gasteiger partial charge in [0.25, 0.3) is 15.9 Å². The van der Waals surface area contributed by atoms with Gasteiger partial charge in [0.2, 0.25) is 0 Å². The molecule has 1 amide bonds. The standard InChI is InChI=1S/C21H19FN2O4S/c1-24(29(26,27)20-12-10-19(28-2)11-13-20)18-5-3-4-15(14-18)21(25)23-17-8-6-16(22)7-9-17/h3-14H,1-2H3,(H,23,25). The van der Waals surface area contributed by atoms with Crippen molar-refractivity contribution in [1.82, 2.24) is 0 Å². The van der Waals surface area contributed by atoms with Crippen molar-refractivity contribution in [3.05, 3.63) is 84.2 Å². The lowest BCUT2D eigenvalue weighted by Gasteiger charge is -2.20. The fourth-order valence-electron chi connectivity index (χ4n) is 2.62. The number of methoxy groups -OCH3 is 1. The van der Waals surface area contributed by atoms with E-state index in [0.717, 1.165) is 4.31 Å². The molecule has 0 saturated heterocycles. The maximum Gasteiger partial charge on any atom is 0.264 e. The Balaban J connectivity index is 1.83. The van der Waals surface area contributed by atoms with Crippen LogP contribution in [0.4, 0.5) is 15.8 Å². The first-order chi connectivity index (χ1) is 13.8. The molecule has 8 heteroatoms. The minimum absolute atomic E-state index is 0.0990. The van der Waals surface area contributed by atoms with E-state index in [2.05, 4.69) is 5.32 Å². The number of halogens is 1. The van der Waals surface area contributed by atoms with Crippen LogP contribution in [0.25, 0.3) is 0 Å². The molecule has 0 fully saturated rings. The summed E-state index contributed by atoms with van der Waals surface area (Å²) in [6, 6.07) is 17.6. The number of hydrogen-bond donors (Lipinski definition) is 1. The maximum absolute atomic E-state index is 13.0. The Hall–Kier alpha value is -3.39. The van der Waals surface area contributed by atoms with E-state index in [-0.39, 0.29) is 10.5 Å². The van der Waals surface area contributed by atoms with Crippen LogP contribution in [0, 0.1) is 5.82 Å². The van der Waals surface area contributed by atoms with Gasteiger partial charge in [-0.3, -0.25) is 9.10 Å². The lowest BCUT2D eigenvalue weighted by Crippen LogP contribution is -2.26. The number of amides is 1. The molecule has 0 aliphatic carbocycles. The maximum atomic E-state index is 13.0. The van der Waals surface area contributed by atoms with Crippen LogP contribution in [-0.2, 0) is 10.0 Å². The first-order valence-electron chi connectivity index (χ1n) is 8.61. The Morgan fingerprint density at radius 3 is 2.28 bits per heavy atom. The molecule has 0 bridgehead atoms. The number of anilines is 2. The number of ether oxygens (including phenoxy) is 1. The van der Waals surface area contributed by atoms with Gasteiger partial charge in [-0.1, -0.05) is 6.07 Å². The van der Waals surface area contributed by atoms with Crippen molar-refractivity contribution < 1.29 is 22.3 Å². The highest BCUT2D eigenvalue weighted by atomic mass is 32.2. The average Bonchev–Trinajstić information content (AvgIpc) is 2.75. The number of nitrogens with one attached hydrogen (secondary N) is 1. The van der Waals surface area contributed by atoms with Crippen LogP contribution in [-0.4, -0.2) is 28.5 Å². The van der Waals surface area contributed by atoms with Crippen molar-refractivity contribution in [2.45, 2.75) is 4.90 Å². The van der Waals surface area contributed by atoms with Gasteiger partial charge in [0.1, 0.15) is 11.6 Å². The lowest BCUT2D eigenvalue weighted by molar-refractivity contribution is 0.102. The van der Waals surface area contributed by atoms with Crippen LogP contribution in [0.1, 0.15) is 10.4 Å². The molecule has 0 aromatic heterocycles. The highest BCUT2D eigenvalue weighted by Gasteiger charge is 2.22. The van der Waals surface area contributed by atoms with Crippen molar-refractivity contribution in [2.75, 3.05) is 23.8 Å². The second-order valence-electron chi connectivity index (χ2n) is 6.16. The molecule has 29 heavy (non-hydrogen) atoms. The quantitative estimate of drug-likeness (QED) is 0.664. The molecular formula is C21H19FN2O4S. The van der Waals surface area contributed by atoms with E-state index in [0.29, 0.717) is 17.1 Å². The molecule has 0 heterocycles. The van der Waals surface area contributed by atoms with Gasteiger partial charge in [-0.25, -0.2) is 12.8 Å². The number of benzene rings is 3. The zero-order valence-corrected chi connectivity index (χ0v) is 16.6. The Kier molecular flexibility index (Phi) is 5.84. The summed E-state index contributed by atoms with van der Waals surface area (Å²) >= 11 is 0. The Morgan fingerprint density at radius 2 is 1.66 bits per heavy atom. The predicted octanol–water partition coefficient (Wildman–Crippen LogP) is 3.91. The van der Waals surface area contributed by atoms with Gasteiger partial charge >= 0.3 is 0 Å². The van der Waals surface area contributed by atoms with E-state index >= 15 is 0 Å². The van der Waals surface area contributed by atoms with E-state index in [9.17, 15) is 17.6 Å². The van der Waals surface area contributed by atoms with Gasteiger partial charge in [0.15, 0.2) is 0 Å².